The van der Waals surface area contributed by atoms with E-state index in [9.17, 15) is 8.42 Å². The lowest BCUT2D eigenvalue weighted by Crippen LogP contribution is -2.41. The van der Waals surface area contributed by atoms with E-state index in [2.05, 4.69) is 41.2 Å². The van der Waals surface area contributed by atoms with Crippen molar-refractivity contribution in [2.45, 2.75) is 77.4 Å². The first-order valence-corrected chi connectivity index (χ1v) is 11.1. The van der Waals surface area contributed by atoms with Gasteiger partial charge in [0, 0.05) is 18.8 Å². The van der Waals surface area contributed by atoms with E-state index in [0.29, 0.717) is 13.0 Å². The fourth-order valence-electron chi connectivity index (χ4n) is 2.42. The third-order valence-corrected chi connectivity index (χ3v) is 7.15. The van der Waals surface area contributed by atoms with E-state index in [1.54, 1.807) is 13.8 Å². The van der Waals surface area contributed by atoms with Crippen LogP contribution in [-0.4, -0.2) is 26.3 Å². The van der Waals surface area contributed by atoms with Gasteiger partial charge < -0.3 is 5.32 Å². The predicted octanol–water partition coefficient (Wildman–Crippen LogP) is 4.72. The van der Waals surface area contributed by atoms with Crippen LogP contribution in [-0.2, 0) is 16.4 Å². The van der Waals surface area contributed by atoms with Crippen molar-refractivity contribution in [2.24, 2.45) is 0 Å². The molecule has 1 aromatic carbocycles. The molecular formula is C20H36N2O2S. The summed E-state index contributed by atoms with van der Waals surface area (Å²) >= 11 is 0. The zero-order chi connectivity index (χ0) is 18.8. The first-order valence-electron chi connectivity index (χ1n) is 9.64. The normalized spacial score (nSPS) is 12.3. The molecule has 25 heavy (non-hydrogen) atoms. The maximum absolute atomic E-state index is 12.1. The quantitative estimate of drug-likeness (QED) is 0.495. The number of anilines is 1. The van der Waals surface area contributed by atoms with Crippen molar-refractivity contribution in [3.63, 3.8) is 0 Å². The Morgan fingerprint density at radius 2 is 1.56 bits per heavy atom. The smallest absolute Gasteiger partial charge is 0.216 e. The van der Waals surface area contributed by atoms with Crippen LogP contribution in [0.3, 0.4) is 0 Å². The van der Waals surface area contributed by atoms with E-state index in [4.69, 9.17) is 0 Å². The Morgan fingerprint density at radius 3 is 2.16 bits per heavy atom. The number of sulfonamides is 1. The number of rotatable bonds is 13. The molecule has 0 atom stereocenters. The minimum atomic E-state index is -3.22. The third-order valence-electron chi connectivity index (χ3n) is 4.83. The Bertz CT molecular complexity index is 580. The summed E-state index contributed by atoms with van der Waals surface area (Å²) in [5.41, 5.74) is 2.56. The van der Waals surface area contributed by atoms with Crippen molar-refractivity contribution < 1.29 is 8.42 Å². The molecule has 0 saturated heterocycles. The molecule has 0 heterocycles. The van der Waals surface area contributed by atoms with Crippen LogP contribution in [0.15, 0.2) is 24.3 Å². The summed E-state index contributed by atoms with van der Waals surface area (Å²) in [5, 5.41) is 3.43. The molecule has 0 aromatic heterocycles. The van der Waals surface area contributed by atoms with Gasteiger partial charge in [0.05, 0.1) is 4.75 Å². The Labute approximate surface area is 154 Å². The summed E-state index contributed by atoms with van der Waals surface area (Å²) in [5.74, 6) is 0. The summed E-state index contributed by atoms with van der Waals surface area (Å²) in [6.45, 7) is 9.10. The van der Waals surface area contributed by atoms with Crippen molar-refractivity contribution in [1.29, 1.82) is 0 Å². The van der Waals surface area contributed by atoms with Gasteiger partial charge in [0.15, 0.2) is 0 Å². The van der Waals surface area contributed by atoms with Crippen LogP contribution >= 0.6 is 0 Å². The molecule has 144 valence electrons. The number of hydrogen-bond donors (Lipinski definition) is 2. The Kier molecular flexibility index (Phi) is 9.51. The van der Waals surface area contributed by atoms with Crippen LogP contribution in [0.2, 0.25) is 0 Å². The minimum Gasteiger partial charge on any atom is -0.385 e. The Morgan fingerprint density at radius 1 is 0.920 bits per heavy atom. The molecule has 0 aliphatic heterocycles. The molecule has 0 fully saturated rings. The SMILES string of the molecule is CCCCc1ccc(NCCCCCNS(=O)(=O)C(C)(C)CC)cc1. The zero-order valence-electron chi connectivity index (χ0n) is 16.4. The van der Waals surface area contributed by atoms with Crippen molar-refractivity contribution in [3.05, 3.63) is 29.8 Å². The minimum absolute atomic E-state index is 0.526. The maximum atomic E-state index is 12.1. The molecular weight excluding hydrogens is 332 g/mol. The van der Waals surface area contributed by atoms with Crippen molar-refractivity contribution in [3.8, 4) is 0 Å². The van der Waals surface area contributed by atoms with Gasteiger partial charge in [-0.05, 0) is 63.6 Å². The lowest BCUT2D eigenvalue weighted by molar-refractivity contribution is 0.521. The molecule has 1 rings (SSSR count). The molecule has 0 aliphatic carbocycles. The summed E-state index contributed by atoms with van der Waals surface area (Å²) in [7, 11) is -3.22. The molecule has 0 saturated carbocycles. The number of aryl methyl sites for hydroxylation is 1. The van der Waals surface area contributed by atoms with E-state index in [1.165, 1.54) is 18.4 Å². The predicted molar refractivity (Wildman–Crippen MR) is 109 cm³/mol. The summed E-state index contributed by atoms with van der Waals surface area (Å²) in [6.07, 6.45) is 7.16. The first-order chi connectivity index (χ1) is 11.8. The number of nitrogens with one attached hydrogen (secondary N) is 2. The second-order valence-electron chi connectivity index (χ2n) is 7.30. The molecule has 0 amide bonds. The summed E-state index contributed by atoms with van der Waals surface area (Å²) in [6, 6.07) is 8.68. The van der Waals surface area contributed by atoms with Crippen molar-refractivity contribution >= 4 is 15.7 Å². The molecule has 0 aliphatic rings. The second-order valence-corrected chi connectivity index (χ2v) is 9.70. The van der Waals surface area contributed by atoms with Crippen LogP contribution in [0.1, 0.15) is 71.8 Å². The average molecular weight is 369 g/mol. The summed E-state index contributed by atoms with van der Waals surface area (Å²) < 4.78 is 26.3. The molecule has 4 nitrogen and oxygen atoms in total. The largest absolute Gasteiger partial charge is 0.385 e. The lowest BCUT2D eigenvalue weighted by Gasteiger charge is -2.23. The van der Waals surface area contributed by atoms with Gasteiger partial charge >= 0.3 is 0 Å². The zero-order valence-corrected chi connectivity index (χ0v) is 17.2. The van der Waals surface area contributed by atoms with E-state index in [1.807, 2.05) is 6.92 Å². The molecule has 5 heteroatoms. The second kappa shape index (κ2) is 10.8. The molecule has 0 unspecified atom stereocenters. The van der Waals surface area contributed by atoms with Gasteiger partial charge in [-0.1, -0.05) is 38.8 Å². The number of unbranched alkanes of at least 4 members (excludes halogenated alkanes) is 3. The molecule has 0 bridgehead atoms. The highest BCUT2D eigenvalue weighted by molar-refractivity contribution is 7.90. The highest BCUT2D eigenvalue weighted by Crippen LogP contribution is 2.18. The van der Waals surface area contributed by atoms with Crippen LogP contribution in [0.4, 0.5) is 5.69 Å². The van der Waals surface area contributed by atoms with Gasteiger partial charge in [-0.2, -0.15) is 0 Å². The van der Waals surface area contributed by atoms with Gasteiger partial charge in [-0.3, -0.25) is 0 Å². The number of benzene rings is 1. The highest BCUT2D eigenvalue weighted by Gasteiger charge is 2.31. The van der Waals surface area contributed by atoms with Gasteiger partial charge in [-0.25, -0.2) is 13.1 Å². The standard InChI is InChI=1S/C20H36N2O2S/c1-5-7-11-18-12-14-19(15-13-18)21-16-9-8-10-17-22-25(23,24)20(3,4)6-2/h12-15,21-22H,5-11,16-17H2,1-4H3. The molecule has 0 spiro atoms. The van der Waals surface area contributed by atoms with Gasteiger partial charge in [0.1, 0.15) is 0 Å². The molecule has 1 aromatic rings. The lowest BCUT2D eigenvalue weighted by atomic mass is 10.1. The van der Waals surface area contributed by atoms with Crippen molar-refractivity contribution in [2.75, 3.05) is 18.4 Å². The molecule has 0 radical (unpaired) electrons. The van der Waals surface area contributed by atoms with Crippen LogP contribution in [0, 0.1) is 0 Å². The third kappa shape index (κ3) is 7.78. The highest BCUT2D eigenvalue weighted by atomic mass is 32.2. The van der Waals surface area contributed by atoms with Gasteiger partial charge in [-0.15, -0.1) is 0 Å². The van der Waals surface area contributed by atoms with E-state index in [-0.39, 0.29) is 0 Å². The fraction of sp³-hybridized carbons (Fsp3) is 0.700. The van der Waals surface area contributed by atoms with Crippen LogP contribution in [0.5, 0.6) is 0 Å². The topological polar surface area (TPSA) is 58.2 Å². The van der Waals surface area contributed by atoms with E-state index < -0.39 is 14.8 Å². The van der Waals surface area contributed by atoms with E-state index in [0.717, 1.165) is 37.9 Å². The number of hydrogen-bond acceptors (Lipinski definition) is 3. The Hall–Kier alpha value is -1.07. The van der Waals surface area contributed by atoms with E-state index >= 15 is 0 Å². The van der Waals surface area contributed by atoms with Crippen LogP contribution in [0.25, 0.3) is 0 Å². The van der Waals surface area contributed by atoms with Crippen LogP contribution < -0.4 is 10.0 Å². The average Bonchev–Trinajstić information content (AvgIpc) is 2.59. The van der Waals surface area contributed by atoms with Gasteiger partial charge in [0.2, 0.25) is 10.0 Å². The fourth-order valence-corrected chi connectivity index (χ4v) is 3.61. The van der Waals surface area contributed by atoms with Gasteiger partial charge in [0.25, 0.3) is 0 Å². The maximum Gasteiger partial charge on any atom is 0.216 e. The van der Waals surface area contributed by atoms with Crippen molar-refractivity contribution in [1.82, 2.24) is 4.72 Å². The first kappa shape index (κ1) is 22.0. The Balaban J connectivity index is 2.16. The summed E-state index contributed by atoms with van der Waals surface area (Å²) in [4.78, 5) is 0. The molecule has 2 N–H and O–H groups in total. The monoisotopic (exact) mass is 368 g/mol.